The van der Waals surface area contributed by atoms with Crippen molar-refractivity contribution in [3.05, 3.63) is 46.2 Å². The molecule has 1 aromatic carbocycles. The molecule has 1 aromatic heterocycles. The summed E-state index contributed by atoms with van der Waals surface area (Å²) in [5, 5.41) is 3.18. The molecule has 0 radical (unpaired) electrons. The summed E-state index contributed by atoms with van der Waals surface area (Å²) in [5.74, 6) is -1.60. The van der Waals surface area contributed by atoms with Crippen molar-refractivity contribution in [1.29, 1.82) is 0 Å². The molecule has 28 heavy (non-hydrogen) atoms. The number of carbonyl (C=O) groups excluding carboxylic acids is 2. The first-order valence-electron chi connectivity index (χ1n) is 7.63. The van der Waals surface area contributed by atoms with Crippen LogP contribution in [0.3, 0.4) is 0 Å². The maximum atomic E-state index is 12.5. The Labute approximate surface area is 162 Å². The van der Waals surface area contributed by atoms with Gasteiger partial charge in [-0.15, -0.1) is 11.3 Å². The molecule has 0 atom stereocenters. The van der Waals surface area contributed by atoms with Crippen molar-refractivity contribution in [2.45, 2.75) is 17.5 Å². The van der Waals surface area contributed by atoms with Gasteiger partial charge in [0.15, 0.2) is 0 Å². The molecule has 0 saturated carbocycles. The molecule has 0 saturated heterocycles. The maximum Gasteiger partial charge on any atom is 0.405 e. The van der Waals surface area contributed by atoms with Crippen LogP contribution in [-0.4, -0.2) is 40.1 Å². The standard InChI is InChI=1S/C16H15F3N2O5S2/c1-26-15(23)14-12(6-7-27-14)28(24,25)21-11-4-2-10(3-5-11)8-13(22)20-9-16(17,18)19/h2-7,21H,8-9H2,1H3,(H,20,22). The molecule has 1 amide bonds. The van der Waals surface area contributed by atoms with E-state index < -0.39 is 34.6 Å². The Morgan fingerprint density at radius 1 is 1.14 bits per heavy atom. The number of benzene rings is 1. The number of amides is 1. The lowest BCUT2D eigenvalue weighted by Gasteiger charge is -2.10. The molecule has 7 nitrogen and oxygen atoms in total. The van der Waals surface area contributed by atoms with Crippen molar-refractivity contribution in [2.24, 2.45) is 0 Å². The number of esters is 1. The van der Waals surface area contributed by atoms with Crippen molar-refractivity contribution < 1.29 is 35.9 Å². The lowest BCUT2D eigenvalue weighted by molar-refractivity contribution is -0.138. The predicted octanol–water partition coefficient (Wildman–Crippen LogP) is 2.56. The summed E-state index contributed by atoms with van der Waals surface area (Å²) < 4.78 is 68.0. The molecule has 0 aliphatic heterocycles. The van der Waals surface area contributed by atoms with Crippen LogP contribution in [0.2, 0.25) is 0 Å². The number of hydrogen-bond acceptors (Lipinski definition) is 6. The number of alkyl halides is 3. The van der Waals surface area contributed by atoms with E-state index in [2.05, 4.69) is 9.46 Å². The zero-order valence-electron chi connectivity index (χ0n) is 14.4. The molecule has 0 bridgehead atoms. The van der Waals surface area contributed by atoms with Crippen molar-refractivity contribution in [3.8, 4) is 0 Å². The molecule has 12 heteroatoms. The Balaban J connectivity index is 2.05. The van der Waals surface area contributed by atoms with Gasteiger partial charge < -0.3 is 10.1 Å². The van der Waals surface area contributed by atoms with Crippen LogP contribution in [0.25, 0.3) is 0 Å². The van der Waals surface area contributed by atoms with E-state index in [4.69, 9.17) is 0 Å². The van der Waals surface area contributed by atoms with Gasteiger partial charge in [0.1, 0.15) is 16.3 Å². The van der Waals surface area contributed by atoms with Crippen molar-refractivity contribution in [3.63, 3.8) is 0 Å². The highest BCUT2D eigenvalue weighted by molar-refractivity contribution is 7.93. The van der Waals surface area contributed by atoms with Crippen molar-refractivity contribution in [1.82, 2.24) is 5.32 Å². The maximum absolute atomic E-state index is 12.5. The predicted molar refractivity (Wildman–Crippen MR) is 95.7 cm³/mol. The number of ether oxygens (including phenoxy) is 1. The summed E-state index contributed by atoms with van der Waals surface area (Å²) in [6.45, 7) is -1.42. The second kappa shape index (κ2) is 8.61. The highest BCUT2D eigenvalue weighted by atomic mass is 32.2. The van der Waals surface area contributed by atoms with E-state index in [1.807, 2.05) is 0 Å². The molecule has 0 spiro atoms. The van der Waals surface area contributed by atoms with Crippen LogP contribution in [0.5, 0.6) is 0 Å². The fourth-order valence-corrected chi connectivity index (χ4v) is 4.49. The van der Waals surface area contributed by atoms with Crippen LogP contribution >= 0.6 is 11.3 Å². The van der Waals surface area contributed by atoms with Gasteiger partial charge in [0.25, 0.3) is 10.0 Å². The summed E-state index contributed by atoms with van der Waals surface area (Å²) in [7, 11) is -2.93. The Kier molecular flexibility index (Phi) is 6.67. The summed E-state index contributed by atoms with van der Waals surface area (Å²) in [6, 6.07) is 6.78. The number of anilines is 1. The Bertz CT molecular complexity index is 953. The summed E-state index contributed by atoms with van der Waals surface area (Å²) in [5.41, 5.74) is 0.551. The van der Waals surface area contributed by atoms with Crippen LogP contribution in [0.4, 0.5) is 18.9 Å². The van der Waals surface area contributed by atoms with Gasteiger partial charge in [0.2, 0.25) is 5.91 Å². The van der Waals surface area contributed by atoms with Gasteiger partial charge in [-0.05, 0) is 29.1 Å². The first-order valence-corrected chi connectivity index (χ1v) is 9.99. The fourth-order valence-electron chi connectivity index (χ4n) is 2.10. The lowest BCUT2D eigenvalue weighted by Crippen LogP contribution is -2.34. The summed E-state index contributed by atoms with van der Waals surface area (Å²) >= 11 is 0.917. The Morgan fingerprint density at radius 2 is 1.79 bits per heavy atom. The molecule has 2 aromatic rings. The quantitative estimate of drug-likeness (QED) is 0.650. The molecular formula is C16H15F3N2O5S2. The third kappa shape index (κ3) is 5.96. The van der Waals surface area contributed by atoms with Crippen LogP contribution in [-0.2, 0) is 26.0 Å². The van der Waals surface area contributed by atoms with E-state index in [1.54, 1.807) is 5.32 Å². The van der Waals surface area contributed by atoms with E-state index in [9.17, 15) is 31.2 Å². The topological polar surface area (TPSA) is 102 Å². The van der Waals surface area contributed by atoms with Gasteiger partial charge in [-0.3, -0.25) is 9.52 Å². The number of rotatable bonds is 7. The molecule has 152 valence electrons. The highest BCUT2D eigenvalue weighted by Crippen LogP contribution is 2.25. The Morgan fingerprint density at radius 3 is 2.36 bits per heavy atom. The van der Waals surface area contributed by atoms with Crippen molar-refractivity contribution >= 4 is 38.9 Å². The fraction of sp³-hybridized carbons (Fsp3) is 0.250. The van der Waals surface area contributed by atoms with Crippen molar-refractivity contribution in [2.75, 3.05) is 18.4 Å². The lowest BCUT2D eigenvalue weighted by atomic mass is 10.1. The van der Waals surface area contributed by atoms with Gasteiger partial charge in [-0.1, -0.05) is 12.1 Å². The SMILES string of the molecule is COC(=O)c1sccc1S(=O)(=O)Nc1ccc(CC(=O)NCC(F)(F)F)cc1. The zero-order valence-corrected chi connectivity index (χ0v) is 16.0. The number of carbonyl (C=O) groups is 2. The number of thiophene rings is 1. The van der Waals surface area contributed by atoms with Gasteiger partial charge in [0, 0.05) is 5.69 Å². The molecule has 1 heterocycles. The molecule has 0 unspecified atom stereocenters. The van der Waals surface area contributed by atoms with Gasteiger partial charge >= 0.3 is 12.1 Å². The largest absolute Gasteiger partial charge is 0.465 e. The van der Waals surface area contributed by atoms with E-state index in [1.165, 1.54) is 35.7 Å². The second-order valence-electron chi connectivity index (χ2n) is 5.48. The first-order chi connectivity index (χ1) is 13.0. The van der Waals surface area contributed by atoms with E-state index in [0.29, 0.717) is 5.56 Å². The third-order valence-corrected chi connectivity index (χ3v) is 5.79. The smallest absolute Gasteiger partial charge is 0.405 e. The normalized spacial score (nSPS) is 11.7. The van der Waals surface area contributed by atoms with E-state index in [-0.39, 0.29) is 21.9 Å². The zero-order chi connectivity index (χ0) is 20.9. The minimum atomic E-state index is -4.50. The third-order valence-electron chi connectivity index (χ3n) is 3.35. The first kappa shape index (κ1) is 21.7. The molecule has 2 rings (SSSR count). The summed E-state index contributed by atoms with van der Waals surface area (Å²) in [4.78, 5) is 22.8. The van der Waals surface area contributed by atoms with Gasteiger partial charge in [-0.25, -0.2) is 13.2 Å². The van der Waals surface area contributed by atoms with Gasteiger partial charge in [-0.2, -0.15) is 13.2 Å². The van der Waals surface area contributed by atoms with Crippen LogP contribution in [0.1, 0.15) is 15.2 Å². The molecular weight excluding hydrogens is 421 g/mol. The van der Waals surface area contributed by atoms with Crippen LogP contribution in [0, 0.1) is 0 Å². The molecule has 0 aliphatic carbocycles. The minimum absolute atomic E-state index is 0.0760. The summed E-state index contributed by atoms with van der Waals surface area (Å²) in [6.07, 6.45) is -4.79. The minimum Gasteiger partial charge on any atom is -0.465 e. The highest BCUT2D eigenvalue weighted by Gasteiger charge is 2.27. The number of hydrogen-bond donors (Lipinski definition) is 2. The Hall–Kier alpha value is -2.60. The number of nitrogens with one attached hydrogen (secondary N) is 2. The van der Waals surface area contributed by atoms with E-state index >= 15 is 0 Å². The average molecular weight is 436 g/mol. The van der Waals surface area contributed by atoms with E-state index in [0.717, 1.165) is 18.4 Å². The van der Waals surface area contributed by atoms with Gasteiger partial charge in [0.05, 0.1) is 13.5 Å². The average Bonchev–Trinajstić information content (AvgIpc) is 3.11. The molecule has 2 N–H and O–H groups in total. The molecule has 0 fully saturated rings. The van der Waals surface area contributed by atoms with Crippen LogP contribution in [0.15, 0.2) is 40.6 Å². The second-order valence-corrected chi connectivity index (χ2v) is 8.04. The number of halogens is 3. The monoisotopic (exact) mass is 436 g/mol. The number of sulfonamides is 1. The molecule has 0 aliphatic rings. The number of methoxy groups -OCH3 is 1. The van der Waals surface area contributed by atoms with Crippen LogP contribution < -0.4 is 10.0 Å².